The predicted octanol–water partition coefficient (Wildman–Crippen LogP) is 3.52. The van der Waals surface area contributed by atoms with Crippen LogP contribution in [0.15, 0.2) is 52.9 Å². The number of hydrogen-bond donors (Lipinski definition) is 2. The second-order valence-corrected chi connectivity index (χ2v) is 7.74. The van der Waals surface area contributed by atoms with Crippen LogP contribution in [0.25, 0.3) is 11.0 Å². The fraction of sp³-hybridized carbons (Fsp3) is 0.348. The number of aliphatic hydroxyl groups is 1. The van der Waals surface area contributed by atoms with Crippen LogP contribution >= 0.6 is 0 Å². The van der Waals surface area contributed by atoms with Crippen LogP contribution in [0.4, 0.5) is 4.39 Å². The molecule has 3 aromatic rings. The van der Waals surface area contributed by atoms with Crippen molar-refractivity contribution in [1.82, 2.24) is 10.2 Å². The minimum atomic E-state index is -1.45. The molecule has 2 N–H and O–H groups in total. The number of nitrogens with zero attached hydrogens (tertiary/aromatic N) is 1. The molecule has 1 aromatic heterocycles. The molecule has 1 saturated heterocycles. The van der Waals surface area contributed by atoms with Crippen molar-refractivity contribution in [2.45, 2.75) is 38.5 Å². The topological polar surface area (TPSA) is 65.7 Å². The van der Waals surface area contributed by atoms with Crippen LogP contribution in [0.3, 0.4) is 0 Å². The van der Waals surface area contributed by atoms with Crippen LogP contribution in [-0.4, -0.2) is 34.6 Å². The van der Waals surface area contributed by atoms with E-state index in [1.165, 1.54) is 12.1 Å². The number of aryl methyl sites for hydroxylation is 1. The molecule has 0 spiro atoms. The molecule has 29 heavy (non-hydrogen) atoms. The number of carbonyl (C=O) groups excluding carboxylic acids is 1. The molecule has 4 rings (SSSR count). The first kappa shape index (κ1) is 19.6. The van der Waals surface area contributed by atoms with Gasteiger partial charge >= 0.3 is 0 Å². The molecule has 5 nitrogen and oxygen atoms in total. The SMILES string of the molecule is Cc1c(CNC[C@]2(O)CCCN(Cc3ccc(F)cc3)C2=O)oc2ccccc12. The lowest BCUT2D eigenvalue weighted by Crippen LogP contribution is -2.57. The number of amides is 1. The number of likely N-dealkylation sites (tertiary alicyclic amines) is 1. The van der Waals surface area contributed by atoms with Crippen molar-refractivity contribution in [3.63, 3.8) is 0 Å². The van der Waals surface area contributed by atoms with Crippen LogP contribution < -0.4 is 5.32 Å². The number of fused-ring (bicyclic) bond motifs is 1. The van der Waals surface area contributed by atoms with E-state index in [2.05, 4.69) is 5.32 Å². The summed E-state index contributed by atoms with van der Waals surface area (Å²) in [6.45, 7) is 3.55. The maximum atomic E-state index is 13.1. The van der Waals surface area contributed by atoms with Crippen molar-refractivity contribution in [2.75, 3.05) is 13.1 Å². The molecule has 1 aliphatic rings. The van der Waals surface area contributed by atoms with Gasteiger partial charge in [-0.3, -0.25) is 4.79 Å². The van der Waals surface area contributed by atoms with E-state index < -0.39 is 5.60 Å². The van der Waals surface area contributed by atoms with E-state index in [0.29, 0.717) is 26.1 Å². The van der Waals surface area contributed by atoms with E-state index in [1.54, 1.807) is 17.0 Å². The molecule has 1 aliphatic heterocycles. The lowest BCUT2D eigenvalue weighted by Gasteiger charge is -2.38. The molecule has 0 unspecified atom stereocenters. The van der Waals surface area contributed by atoms with Gasteiger partial charge in [0.2, 0.25) is 0 Å². The Labute approximate surface area is 169 Å². The monoisotopic (exact) mass is 396 g/mol. The van der Waals surface area contributed by atoms with Crippen LogP contribution in [-0.2, 0) is 17.9 Å². The third kappa shape index (κ3) is 4.04. The van der Waals surface area contributed by atoms with E-state index in [9.17, 15) is 14.3 Å². The number of hydrogen-bond acceptors (Lipinski definition) is 4. The average Bonchev–Trinajstić information content (AvgIpc) is 3.03. The molecule has 1 amide bonds. The fourth-order valence-corrected chi connectivity index (χ4v) is 3.97. The number of halogens is 1. The van der Waals surface area contributed by atoms with Crippen LogP contribution in [0.1, 0.15) is 29.7 Å². The molecule has 6 heteroatoms. The van der Waals surface area contributed by atoms with Gasteiger partial charge in [0, 0.05) is 25.0 Å². The summed E-state index contributed by atoms with van der Waals surface area (Å²) in [5.41, 5.74) is 1.29. The maximum absolute atomic E-state index is 13.1. The zero-order valence-electron chi connectivity index (χ0n) is 16.5. The highest BCUT2D eigenvalue weighted by atomic mass is 19.1. The van der Waals surface area contributed by atoms with Crippen molar-refractivity contribution < 1.29 is 18.7 Å². The molecule has 0 bridgehead atoms. The first-order valence-electron chi connectivity index (χ1n) is 9.90. The van der Waals surface area contributed by atoms with E-state index in [4.69, 9.17) is 4.42 Å². The predicted molar refractivity (Wildman–Crippen MR) is 109 cm³/mol. The molecule has 0 aliphatic carbocycles. The lowest BCUT2D eigenvalue weighted by atomic mass is 9.91. The number of piperidine rings is 1. The third-order valence-electron chi connectivity index (χ3n) is 5.64. The Morgan fingerprint density at radius 2 is 1.97 bits per heavy atom. The molecule has 1 fully saturated rings. The first-order valence-corrected chi connectivity index (χ1v) is 9.90. The van der Waals surface area contributed by atoms with Crippen molar-refractivity contribution in [3.05, 3.63) is 71.2 Å². The Kier molecular flexibility index (Phi) is 5.39. The first-order chi connectivity index (χ1) is 14.0. The summed E-state index contributed by atoms with van der Waals surface area (Å²) in [7, 11) is 0. The highest BCUT2D eigenvalue weighted by Crippen LogP contribution is 2.26. The van der Waals surface area contributed by atoms with Gasteiger partial charge in [-0.2, -0.15) is 0 Å². The summed E-state index contributed by atoms with van der Waals surface area (Å²) < 4.78 is 19.0. The summed E-state index contributed by atoms with van der Waals surface area (Å²) in [5, 5.41) is 15.2. The number of rotatable bonds is 6. The number of nitrogens with one attached hydrogen (secondary N) is 1. The Morgan fingerprint density at radius 3 is 2.72 bits per heavy atom. The van der Waals surface area contributed by atoms with Gasteiger partial charge in [-0.15, -0.1) is 0 Å². The fourth-order valence-electron chi connectivity index (χ4n) is 3.97. The van der Waals surface area contributed by atoms with Crippen LogP contribution in [0, 0.1) is 12.7 Å². The lowest BCUT2D eigenvalue weighted by molar-refractivity contribution is -0.157. The van der Waals surface area contributed by atoms with Gasteiger partial charge in [-0.05, 0) is 49.1 Å². The molecular weight excluding hydrogens is 371 g/mol. The van der Waals surface area contributed by atoms with Crippen LogP contribution in [0.5, 0.6) is 0 Å². The van der Waals surface area contributed by atoms with Gasteiger partial charge in [0.05, 0.1) is 6.54 Å². The Bertz CT molecular complexity index is 1010. The van der Waals surface area contributed by atoms with E-state index in [-0.39, 0.29) is 18.3 Å². The van der Waals surface area contributed by atoms with Gasteiger partial charge in [-0.1, -0.05) is 30.3 Å². The molecule has 2 heterocycles. The molecule has 0 saturated carbocycles. The molecule has 152 valence electrons. The van der Waals surface area contributed by atoms with Gasteiger partial charge in [-0.25, -0.2) is 4.39 Å². The molecule has 1 atom stereocenters. The summed E-state index contributed by atoms with van der Waals surface area (Å²) in [4.78, 5) is 14.6. The Morgan fingerprint density at radius 1 is 1.21 bits per heavy atom. The minimum Gasteiger partial charge on any atom is -0.459 e. The highest BCUT2D eigenvalue weighted by molar-refractivity contribution is 5.86. The largest absolute Gasteiger partial charge is 0.459 e. The normalized spacial score (nSPS) is 19.8. The van der Waals surface area contributed by atoms with Crippen molar-refractivity contribution in [2.24, 2.45) is 0 Å². The minimum absolute atomic E-state index is 0.155. The van der Waals surface area contributed by atoms with E-state index in [0.717, 1.165) is 34.3 Å². The van der Waals surface area contributed by atoms with Crippen molar-refractivity contribution in [3.8, 4) is 0 Å². The summed E-state index contributed by atoms with van der Waals surface area (Å²) in [5.74, 6) is 0.212. The summed E-state index contributed by atoms with van der Waals surface area (Å²) in [6, 6.07) is 13.9. The zero-order chi connectivity index (χ0) is 20.4. The zero-order valence-corrected chi connectivity index (χ0v) is 16.5. The van der Waals surface area contributed by atoms with E-state index >= 15 is 0 Å². The Hall–Kier alpha value is -2.70. The third-order valence-corrected chi connectivity index (χ3v) is 5.64. The quantitative estimate of drug-likeness (QED) is 0.669. The number of benzene rings is 2. The van der Waals surface area contributed by atoms with Gasteiger partial charge in [0.1, 0.15) is 17.2 Å². The van der Waals surface area contributed by atoms with Gasteiger partial charge in [0.25, 0.3) is 5.91 Å². The molecular formula is C23H25FN2O3. The van der Waals surface area contributed by atoms with Crippen molar-refractivity contribution in [1.29, 1.82) is 0 Å². The second kappa shape index (κ2) is 7.97. The summed E-state index contributed by atoms with van der Waals surface area (Å²) in [6.07, 6.45) is 1.13. The van der Waals surface area contributed by atoms with E-state index in [1.807, 2.05) is 31.2 Å². The number of carbonyl (C=O) groups is 1. The summed E-state index contributed by atoms with van der Waals surface area (Å²) >= 11 is 0. The Balaban J connectivity index is 1.39. The smallest absolute Gasteiger partial charge is 0.256 e. The average molecular weight is 396 g/mol. The van der Waals surface area contributed by atoms with Crippen LogP contribution in [0.2, 0.25) is 0 Å². The highest BCUT2D eigenvalue weighted by Gasteiger charge is 2.41. The number of para-hydroxylation sites is 1. The second-order valence-electron chi connectivity index (χ2n) is 7.74. The van der Waals surface area contributed by atoms with Crippen molar-refractivity contribution >= 4 is 16.9 Å². The van der Waals surface area contributed by atoms with Gasteiger partial charge < -0.3 is 19.7 Å². The standard InChI is InChI=1S/C23H25FN2O3/c1-16-19-5-2-3-6-20(19)29-21(16)13-25-15-23(28)11-4-12-26(22(23)27)14-17-7-9-18(24)10-8-17/h2-3,5-10,25,28H,4,11-15H2,1H3/t23-/m1/s1. The number of furan rings is 1. The molecule has 0 radical (unpaired) electrons. The maximum Gasteiger partial charge on any atom is 0.256 e. The van der Waals surface area contributed by atoms with Gasteiger partial charge in [0.15, 0.2) is 5.60 Å². The molecule has 2 aromatic carbocycles.